The fourth-order valence-corrected chi connectivity index (χ4v) is 1.63. The van der Waals surface area contributed by atoms with Gasteiger partial charge in [-0.1, -0.05) is 13.8 Å². The number of amides is 1. The number of anilines is 2. The average Bonchev–Trinajstić information content (AvgIpc) is 2.30. The van der Waals surface area contributed by atoms with Gasteiger partial charge in [-0.3, -0.25) is 4.79 Å². The zero-order valence-electron chi connectivity index (χ0n) is 11.1. The zero-order valence-corrected chi connectivity index (χ0v) is 11.1. The predicted molar refractivity (Wildman–Crippen MR) is 73.5 cm³/mol. The topological polar surface area (TPSA) is 90.4 Å². The first-order valence-electron chi connectivity index (χ1n) is 5.90. The number of ether oxygens (including phenoxy) is 1. The molecule has 5 heteroatoms. The second-order valence-electron chi connectivity index (χ2n) is 4.62. The number of methoxy groups -OCH3 is 1. The van der Waals surface area contributed by atoms with Crippen LogP contribution < -0.4 is 16.8 Å². The van der Waals surface area contributed by atoms with Crippen LogP contribution in [0.1, 0.15) is 24.2 Å². The van der Waals surface area contributed by atoms with Gasteiger partial charge in [0, 0.05) is 12.7 Å². The first kappa shape index (κ1) is 14.3. The molecule has 0 aliphatic rings. The lowest BCUT2D eigenvalue weighted by Crippen LogP contribution is -2.30. The highest BCUT2D eigenvalue weighted by Crippen LogP contribution is 2.22. The molecule has 0 heterocycles. The van der Waals surface area contributed by atoms with Crippen LogP contribution in [0.3, 0.4) is 0 Å². The Morgan fingerprint density at radius 3 is 2.56 bits per heavy atom. The first-order chi connectivity index (χ1) is 8.45. The van der Waals surface area contributed by atoms with Crippen molar-refractivity contribution in [1.29, 1.82) is 0 Å². The number of carbonyl (C=O) groups excluding carboxylic acids is 1. The van der Waals surface area contributed by atoms with Gasteiger partial charge >= 0.3 is 0 Å². The highest BCUT2D eigenvalue weighted by Gasteiger charge is 2.14. The lowest BCUT2D eigenvalue weighted by molar-refractivity contribution is 0.100. The third-order valence-corrected chi connectivity index (χ3v) is 2.83. The summed E-state index contributed by atoms with van der Waals surface area (Å²) in [6.07, 6.45) is 0. The summed E-state index contributed by atoms with van der Waals surface area (Å²) in [4.78, 5) is 11.0. The van der Waals surface area contributed by atoms with Crippen LogP contribution in [0.2, 0.25) is 0 Å². The van der Waals surface area contributed by atoms with Crippen LogP contribution in [0.25, 0.3) is 0 Å². The highest BCUT2D eigenvalue weighted by molar-refractivity contribution is 5.94. The van der Waals surface area contributed by atoms with Crippen LogP contribution in [0.4, 0.5) is 11.4 Å². The van der Waals surface area contributed by atoms with E-state index in [9.17, 15) is 4.79 Å². The van der Waals surface area contributed by atoms with E-state index in [1.165, 1.54) is 0 Å². The maximum absolute atomic E-state index is 11.0. The van der Waals surface area contributed by atoms with Crippen LogP contribution >= 0.6 is 0 Å². The molecule has 1 rings (SSSR count). The predicted octanol–water partition coefficient (Wildman–Crippen LogP) is 1.45. The summed E-state index contributed by atoms with van der Waals surface area (Å²) >= 11 is 0. The van der Waals surface area contributed by atoms with Crippen molar-refractivity contribution in [2.75, 3.05) is 24.8 Å². The fraction of sp³-hybridized carbons (Fsp3) is 0.462. The van der Waals surface area contributed by atoms with Gasteiger partial charge in [-0.05, 0) is 24.1 Å². The van der Waals surface area contributed by atoms with Crippen molar-refractivity contribution in [3.63, 3.8) is 0 Å². The molecule has 0 spiro atoms. The van der Waals surface area contributed by atoms with E-state index >= 15 is 0 Å². The molecule has 0 bridgehead atoms. The molecular formula is C13H21N3O2. The Morgan fingerprint density at radius 1 is 1.44 bits per heavy atom. The third kappa shape index (κ3) is 3.63. The maximum atomic E-state index is 11.0. The molecule has 0 aliphatic carbocycles. The molecule has 1 atom stereocenters. The van der Waals surface area contributed by atoms with Crippen molar-refractivity contribution >= 4 is 17.3 Å². The first-order valence-corrected chi connectivity index (χ1v) is 5.90. The fourth-order valence-electron chi connectivity index (χ4n) is 1.63. The van der Waals surface area contributed by atoms with Crippen LogP contribution in [-0.4, -0.2) is 25.7 Å². The molecule has 5 N–H and O–H groups in total. The molecule has 1 aromatic rings. The van der Waals surface area contributed by atoms with Gasteiger partial charge in [-0.15, -0.1) is 0 Å². The summed E-state index contributed by atoms with van der Waals surface area (Å²) in [6, 6.07) is 5.16. The van der Waals surface area contributed by atoms with E-state index in [4.69, 9.17) is 16.2 Å². The SMILES string of the molecule is COCC(Nc1ccc(C(N)=O)cc1N)C(C)C. The molecule has 0 aliphatic heterocycles. The molecule has 0 saturated heterocycles. The smallest absolute Gasteiger partial charge is 0.248 e. The van der Waals surface area contributed by atoms with Gasteiger partial charge in [0.1, 0.15) is 0 Å². The number of nitrogens with one attached hydrogen (secondary N) is 1. The second kappa shape index (κ2) is 6.26. The highest BCUT2D eigenvalue weighted by atomic mass is 16.5. The number of rotatable bonds is 6. The second-order valence-corrected chi connectivity index (χ2v) is 4.62. The van der Waals surface area contributed by atoms with Crippen LogP contribution in [0.5, 0.6) is 0 Å². The molecule has 1 aromatic carbocycles. The Balaban J connectivity index is 2.86. The third-order valence-electron chi connectivity index (χ3n) is 2.83. The van der Waals surface area contributed by atoms with Crippen LogP contribution in [-0.2, 0) is 4.74 Å². The number of hydrogen-bond donors (Lipinski definition) is 3. The Hall–Kier alpha value is -1.75. The maximum Gasteiger partial charge on any atom is 0.248 e. The molecule has 100 valence electrons. The van der Waals surface area contributed by atoms with Gasteiger partial charge in [0.05, 0.1) is 24.0 Å². The minimum atomic E-state index is -0.481. The van der Waals surface area contributed by atoms with E-state index in [0.717, 1.165) is 5.69 Å². The molecule has 0 radical (unpaired) electrons. The summed E-state index contributed by atoms with van der Waals surface area (Å²) in [5.74, 6) is -0.0780. The Kier molecular flexibility index (Phi) is 4.97. The van der Waals surface area contributed by atoms with E-state index in [2.05, 4.69) is 19.2 Å². The van der Waals surface area contributed by atoms with Gasteiger partial charge < -0.3 is 21.5 Å². The van der Waals surface area contributed by atoms with Gasteiger partial charge in [0.2, 0.25) is 5.91 Å². The van der Waals surface area contributed by atoms with Crippen molar-refractivity contribution in [3.8, 4) is 0 Å². The molecule has 0 aromatic heterocycles. The number of primary amides is 1. The monoisotopic (exact) mass is 251 g/mol. The van der Waals surface area contributed by atoms with Crippen molar-refractivity contribution in [2.24, 2.45) is 11.7 Å². The normalized spacial score (nSPS) is 12.4. The molecule has 0 fully saturated rings. The summed E-state index contributed by atoms with van der Waals surface area (Å²) in [6.45, 7) is 4.80. The lowest BCUT2D eigenvalue weighted by atomic mass is 10.0. The number of benzene rings is 1. The zero-order chi connectivity index (χ0) is 13.7. The minimum absolute atomic E-state index is 0.164. The Labute approximate surface area is 107 Å². The average molecular weight is 251 g/mol. The van der Waals surface area contributed by atoms with Crippen LogP contribution in [0, 0.1) is 5.92 Å². The summed E-state index contributed by atoms with van der Waals surface area (Å²) in [7, 11) is 1.66. The van der Waals surface area contributed by atoms with E-state index in [1.807, 2.05) is 0 Å². The molecule has 18 heavy (non-hydrogen) atoms. The number of nitrogen functional groups attached to an aromatic ring is 1. The van der Waals surface area contributed by atoms with E-state index in [-0.39, 0.29) is 6.04 Å². The van der Waals surface area contributed by atoms with E-state index in [1.54, 1.807) is 25.3 Å². The molecule has 0 saturated carbocycles. The quantitative estimate of drug-likeness (QED) is 0.667. The molecule has 1 amide bonds. The molecule has 1 unspecified atom stereocenters. The number of hydrogen-bond acceptors (Lipinski definition) is 4. The van der Waals surface area contributed by atoms with Gasteiger partial charge in [0.25, 0.3) is 0 Å². The molecular weight excluding hydrogens is 230 g/mol. The Bertz CT molecular complexity index is 419. The van der Waals surface area contributed by atoms with Crippen molar-refractivity contribution < 1.29 is 9.53 Å². The van der Waals surface area contributed by atoms with Gasteiger partial charge in [-0.2, -0.15) is 0 Å². The van der Waals surface area contributed by atoms with Gasteiger partial charge in [-0.25, -0.2) is 0 Å². The summed E-state index contributed by atoms with van der Waals surface area (Å²) in [5.41, 5.74) is 12.8. The Morgan fingerprint density at radius 2 is 2.11 bits per heavy atom. The largest absolute Gasteiger partial charge is 0.397 e. The number of nitrogens with two attached hydrogens (primary N) is 2. The molecule has 5 nitrogen and oxygen atoms in total. The van der Waals surface area contributed by atoms with Crippen molar-refractivity contribution in [1.82, 2.24) is 0 Å². The van der Waals surface area contributed by atoms with E-state index < -0.39 is 5.91 Å². The summed E-state index contributed by atoms with van der Waals surface area (Å²) < 4.78 is 5.16. The minimum Gasteiger partial charge on any atom is -0.397 e. The van der Waals surface area contributed by atoms with Crippen LogP contribution in [0.15, 0.2) is 18.2 Å². The van der Waals surface area contributed by atoms with Crippen molar-refractivity contribution in [3.05, 3.63) is 23.8 Å². The van der Waals surface area contributed by atoms with Gasteiger partial charge in [0.15, 0.2) is 0 Å². The van der Waals surface area contributed by atoms with E-state index in [0.29, 0.717) is 23.8 Å². The lowest BCUT2D eigenvalue weighted by Gasteiger charge is -2.23. The van der Waals surface area contributed by atoms with Crippen molar-refractivity contribution in [2.45, 2.75) is 19.9 Å². The number of carbonyl (C=O) groups is 1. The standard InChI is InChI=1S/C13H21N3O2/c1-8(2)12(7-18-3)16-11-5-4-9(13(15)17)6-10(11)14/h4-6,8,12,16H,7,14H2,1-3H3,(H2,15,17). The summed E-state index contributed by atoms with van der Waals surface area (Å²) in [5, 5.41) is 3.31.